The van der Waals surface area contributed by atoms with E-state index in [1.54, 1.807) is 18.2 Å². The summed E-state index contributed by atoms with van der Waals surface area (Å²) in [6.07, 6.45) is 0. The van der Waals surface area contributed by atoms with Gasteiger partial charge in [0.05, 0.1) is 10.6 Å². The number of benzene rings is 2. The molecule has 0 spiro atoms. The maximum Gasteiger partial charge on any atom is 0.278 e. The third kappa shape index (κ3) is 3.99. The van der Waals surface area contributed by atoms with E-state index >= 15 is 0 Å². The zero-order chi connectivity index (χ0) is 19.7. The first-order chi connectivity index (χ1) is 12.8. The van der Waals surface area contributed by atoms with Gasteiger partial charge in [-0.3, -0.25) is 14.5 Å². The maximum absolute atomic E-state index is 13.5. The molecule has 3 rings (SSSR count). The number of hydrogen-bond acceptors (Lipinski definition) is 3. The Morgan fingerprint density at radius 2 is 1.81 bits per heavy atom. The summed E-state index contributed by atoms with van der Waals surface area (Å²) < 4.78 is 13.5. The van der Waals surface area contributed by atoms with Gasteiger partial charge in [0.15, 0.2) is 0 Å². The molecule has 2 aromatic rings. The third-order valence-electron chi connectivity index (χ3n) is 4.01. The van der Waals surface area contributed by atoms with Gasteiger partial charge >= 0.3 is 0 Å². The van der Waals surface area contributed by atoms with Gasteiger partial charge < -0.3 is 5.32 Å². The van der Waals surface area contributed by atoms with Crippen molar-refractivity contribution in [1.29, 1.82) is 0 Å². The molecule has 140 valence electrons. The fourth-order valence-electron chi connectivity index (χ4n) is 2.88. The van der Waals surface area contributed by atoms with E-state index in [4.69, 9.17) is 23.2 Å². The molecule has 0 radical (unpaired) electrons. The second-order valence-corrected chi connectivity index (χ2v) is 7.47. The molecule has 7 heteroatoms. The number of halogens is 3. The van der Waals surface area contributed by atoms with Gasteiger partial charge in [0, 0.05) is 22.8 Å². The minimum atomic E-state index is -0.473. The summed E-state index contributed by atoms with van der Waals surface area (Å²) >= 11 is 12.2. The summed E-state index contributed by atoms with van der Waals surface area (Å²) in [6, 6.07) is 10.4. The molecule has 0 aromatic heterocycles. The summed E-state index contributed by atoms with van der Waals surface area (Å²) in [5.41, 5.74) is 0.965. The van der Waals surface area contributed by atoms with E-state index in [-0.39, 0.29) is 28.8 Å². The highest BCUT2D eigenvalue weighted by atomic mass is 35.5. The van der Waals surface area contributed by atoms with Gasteiger partial charge in [-0.2, -0.15) is 0 Å². The molecule has 1 heterocycles. The summed E-state index contributed by atoms with van der Waals surface area (Å²) in [5, 5.41) is 3.56. The fraction of sp³-hybridized carbons (Fsp3) is 0.200. The molecule has 2 amide bonds. The van der Waals surface area contributed by atoms with E-state index in [1.807, 2.05) is 13.8 Å². The van der Waals surface area contributed by atoms with Crippen LogP contribution in [-0.2, 0) is 9.59 Å². The van der Waals surface area contributed by atoms with Gasteiger partial charge in [-0.15, -0.1) is 0 Å². The minimum absolute atomic E-state index is 0.0653. The molecule has 0 aliphatic carbocycles. The number of amides is 2. The summed E-state index contributed by atoms with van der Waals surface area (Å²) in [4.78, 5) is 27.1. The van der Waals surface area contributed by atoms with Gasteiger partial charge in [0.25, 0.3) is 11.8 Å². The van der Waals surface area contributed by atoms with Crippen molar-refractivity contribution < 1.29 is 14.0 Å². The normalized spacial score (nSPS) is 14.5. The molecule has 1 aliphatic heterocycles. The van der Waals surface area contributed by atoms with Gasteiger partial charge in [-0.1, -0.05) is 49.2 Å². The molecular formula is C20H17Cl2FN2O2. The Morgan fingerprint density at radius 1 is 1.07 bits per heavy atom. The molecule has 0 bridgehead atoms. The predicted molar refractivity (Wildman–Crippen MR) is 105 cm³/mol. The molecule has 1 aliphatic rings. The van der Waals surface area contributed by atoms with Crippen molar-refractivity contribution in [3.63, 3.8) is 0 Å². The Kier molecular flexibility index (Phi) is 5.53. The zero-order valence-corrected chi connectivity index (χ0v) is 16.2. The Morgan fingerprint density at radius 3 is 2.44 bits per heavy atom. The summed E-state index contributed by atoms with van der Waals surface area (Å²) in [6.45, 7) is 4.09. The number of nitrogens with zero attached hydrogens (tertiary/aromatic N) is 1. The lowest BCUT2D eigenvalue weighted by atomic mass is 10.0. The van der Waals surface area contributed by atoms with Crippen molar-refractivity contribution >= 4 is 46.3 Å². The number of imide groups is 1. The quantitative estimate of drug-likeness (QED) is 0.712. The standard InChI is InChI=1S/C20H17Cl2FN2O2/c1-11(2)10-25-19(26)17(15-7-6-12(21)8-16(15)22)18(20(25)27)24-14-5-3-4-13(23)9-14/h3-9,11,24H,10H2,1-2H3. The number of anilines is 1. The van der Waals surface area contributed by atoms with Crippen LogP contribution in [0.4, 0.5) is 10.1 Å². The number of nitrogens with one attached hydrogen (secondary N) is 1. The van der Waals surface area contributed by atoms with Crippen LogP contribution in [0.25, 0.3) is 5.57 Å². The van der Waals surface area contributed by atoms with Crippen molar-refractivity contribution in [2.24, 2.45) is 5.92 Å². The first kappa shape index (κ1) is 19.4. The third-order valence-corrected chi connectivity index (χ3v) is 4.56. The lowest BCUT2D eigenvalue weighted by Crippen LogP contribution is -2.35. The lowest BCUT2D eigenvalue weighted by Gasteiger charge is -2.17. The van der Waals surface area contributed by atoms with Crippen molar-refractivity contribution in [2.75, 3.05) is 11.9 Å². The van der Waals surface area contributed by atoms with Crippen LogP contribution in [0.3, 0.4) is 0 Å². The van der Waals surface area contributed by atoms with Crippen molar-refractivity contribution in [3.8, 4) is 0 Å². The molecule has 27 heavy (non-hydrogen) atoms. The molecule has 0 fully saturated rings. The maximum atomic E-state index is 13.5. The largest absolute Gasteiger partial charge is 0.350 e. The number of hydrogen-bond donors (Lipinski definition) is 1. The molecule has 0 atom stereocenters. The fourth-order valence-corrected chi connectivity index (χ4v) is 3.38. The minimum Gasteiger partial charge on any atom is -0.350 e. The average Bonchev–Trinajstić information content (AvgIpc) is 2.80. The number of carbonyl (C=O) groups excluding carboxylic acids is 2. The molecule has 0 saturated heterocycles. The van der Waals surface area contributed by atoms with Crippen molar-refractivity contribution in [3.05, 3.63) is 69.6 Å². The Balaban J connectivity index is 2.12. The zero-order valence-electron chi connectivity index (χ0n) is 14.7. The van der Waals surface area contributed by atoms with E-state index in [9.17, 15) is 14.0 Å². The van der Waals surface area contributed by atoms with Gasteiger partial charge in [0.2, 0.25) is 0 Å². The van der Waals surface area contributed by atoms with E-state index in [0.29, 0.717) is 16.3 Å². The Labute approximate surface area is 166 Å². The first-order valence-electron chi connectivity index (χ1n) is 8.36. The SMILES string of the molecule is CC(C)CN1C(=O)C(Nc2cccc(F)c2)=C(c2ccc(Cl)cc2Cl)C1=O. The predicted octanol–water partition coefficient (Wildman–Crippen LogP) is 4.98. The molecular weight excluding hydrogens is 390 g/mol. The second kappa shape index (κ2) is 7.71. The van der Waals surface area contributed by atoms with E-state index in [1.165, 1.54) is 29.2 Å². The lowest BCUT2D eigenvalue weighted by molar-refractivity contribution is -0.137. The van der Waals surface area contributed by atoms with Crippen molar-refractivity contribution in [1.82, 2.24) is 4.90 Å². The first-order valence-corrected chi connectivity index (χ1v) is 9.12. The van der Waals surface area contributed by atoms with Crippen LogP contribution in [0.2, 0.25) is 10.0 Å². The summed E-state index contributed by atoms with van der Waals surface area (Å²) in [5.74, 6) is -1.29. The van der Waals surface area contributed by atoms with E-state index in [2.05, 4.69) is 5.32 Å². The summed E-state index contributed by atoms with van der Waals surface area (Å²) in [7, 11) is 0. The monoisotopic (exact) mass is 406 g/mol. The highest BCUT2D eigenvalue weighted by Gasteiger charge is 2.40. The van der Waals surface area contributed by atoms with Crippen molar-refractivity contribution in [2.45, 2.75) is 13.8 Å². The highest BCUT2D eigenvalue weighted by molar-refractivity contribution is 6.41. The molecule has 0 unspecified atom stereocenters. The van der Waals surface area contributed by atoms with Crippen LogP contribution in [0.15, 0.2) is 48.2 Å². The van der Waals surface area contributed by atoms with Gasteiger partial charge in [-0.25, -0.2) is 4.39 Å². The molecule has 1 N–H and O–H groups in total. The van der Waals surface area contributed by atoms with Crippen LogP contribution < -0.4 is 5.32 Å². The van der Waals surface area contributed by atoms with E-state index < -0.39 is 17.6 Å². The highest BCUT2D eigenvalue weighted by Crippen LogP contribution is 2.35. The molecule has 4 nitrogen and oxygen atoms in total. The van der Waals surface area contributed by atoms with Crippen LogP contribution in [0.5, 0.6) is 0 Å². The van der Waals surface area contributed by atoms with E-state index in [0.717, 1.165) is 0 Å². The van der Waals surface area contributed by atoms with Gasteiger partial charge in [-0.05, 0) is 36.2 Å². The second-order valence-electron chi connectivity index (χ2n) is 6.62. The number of rotatable bonds is 5. The molecule has 0 saturated carbocycles. The van der Waals surface area contributed by atoms with Crippen LogP contribution in [-0.4, -0.2) is 23.3 Å². The Hall–Kier alpha value is -2.37. The average molecular weight is 407 g/mol. The Bertz CT molecular complexity index is 957. The topological polar surface area (TPSA) is 49.4 Å². The molecule has 2 aromatic carbocycles. The van der Waals surface area contributed by atoms with Crippen LogP contribution >= 0.6 is 23.2 Å². The number of carbonyl (C=O) groups is 2. The van der Waals surface area contributed by atoms with Crippen LogP contribution in [0, 0.1) is 11.7 Å². The van der Waals surface area contributed by atoms with Crippen LogP contribution in [0.1, 0.15) is 19.4 Å². The van der Waals surface area contributed by atoms with Gasteiger partial charge in [0.1, 0.15) is 11.5 Å². The smallest absolute Gasteiger partial charge is 0.278 e.